The summed E-state index contributed by atoms with van der Waals surface area (Å²) >= 11 is 6.11. The van der Waals surface area contributed by atoms with E-state index in [9.17, 15) is 18.0 Å². The minimum absolute atomic E-state index is 0.285. The lowest BCUT2D eigenvalue weighted by atomic mass is 9.98. The van der Waals surface area contributed by atoms with Gasteiger partial charge in [-0.1, -0.05) is 60.1 Å². The molecule has 4 aromatic rings. The first-order chi connectivity index (χ1) is 17.8. The van der Waals surface area contributed by atoms with Gasteiger partial charge < -0.3 is 4.74 Å². The van der Waals surface area contributed by atoms with Crippen molar-refractivity contribution < 1.29 is 22.7 Å². The third-order valence-corrected chi connectivity index (χ3v) is 6.68. The second-order valence-corrected chi connectivity index (χ2v) is 9.47. The highest BCUT2D eigenvalue weighted by Crippen LogP contribution is 2.32. The Hall–Kier alpha value is -3.61. The van der Waals surface area contributed by atoms with Gasteiger partial charge in [0.15, 0.2) is 0 Å². The zero-order valence-electron chi connectivity index (χ0n) is 19.8. The van der Waals surface area contributed by atoms with Crippen LogP contribution in [0.5, 0.6) is 5.75 Å². The Labute approximate surface area is 218 Å². The quantitative estimate of drug-likeness (QED) is 0.198. The summed E-state index contributed by atoms with van der Waals surface area (Å²) in [6.07, 6.45) is -3.60. The van der Waals surface area contributed by atoms with Crippen LogP contribution < -0.4 is 4.74 Å². The first kappa shape index (κ1) is 25.1. The highest BCUT2D eigenvalue weighted by molar-refractivity contribution is 6.30. The molecule has 0 amide bonds. The standard InChI is InChI=1S/C30H23ClF3NO2/c31-25-5-3-4-20(16-25)18-35-15-14-22-17-26(13-10-23(22)19-35)37-29(36)28-7-2-1-6-27(28)21-8-11-24(12-9-21)30(32,33)34/h1-13,16-17H,14-15,18-19H2. The molecule has 3 nitrogen and oxygen atoms in total. The molecule has 0 aliphatic carbocycles. The number of hydrogen-bond donors (Lipinski definition) is 0. The van der Waals surface area contributed by atoms with Gasteiger partial charge in [0.05, 0.1) is 11.1 Å². The molecule has 0 aromatic heterocycles. The van der Waals surface area contributed by atoms with Crippen molar-refractivity contribution in [1.82, 2.24) is 4.90 Å². The molecule has 0 unspecified atom stereocenters. The molecule has 0 fully saturated rings. The van der Waals surface area contributed by atoms with Crippen LogP contribution in [0.1, 0.15) is 32.6 Å². The van der Waals surface area contributed by atoms with E-state index in [1.54, 1.807) is 30.3 Å². The molecular formula is C30H23ClF3NO2. The highest BCUT2D eigenvalue weighted by atomic mass is 35.5. The van der Waals surface area contributed by atoms with Crippen molar-refractivity contribution in [2.75, 3.05) is 6.54 Å². The van der Waals surface area contributed by atoms with Crippen molar-refractivity contribution in [2.24, 2.45) is 0 Å². The lowest BCUT2D eigenvalue weighted by Gasteiger charge is -2.29. The molecule has 0 N–H and O–H groups in total. The zero-order chi connectivity index (χ0) is 26.0. The van der Waals surface area contributed by atoms with Gasteiger partial charge in [-0.15, -0.1) is 0 Å². The Morgan fingerprint density at radius 2 is 1.68 bits per heavy atom. The fourth-order valence-electron chi connectivity index (χ4n) is 4.59. The second kappa shape index (κ2) is 10.4. The van der Waals surface area contributed by atoms with E-state index >= 15 is 0 Å². The Morgan fingerprint density at radius 1 is 0.892 bits per heavy atom. The molecule has 1 aliphatic rings. The van der Waals surface area contributed by atoms with Crippen molar-refractivity contribution in [3.8, 4) is 16.9 Å². The number of benzene rings is 4. The number of esters is 1. The molecule has 37 heavy (non-hydrogen) atoms. The number of alkyl halides is 3. The van der Waals surface area contributed by atoms with Gasteiger partial charge >= 0.3 is 12.1 Å². The van der Waals surface area contributed by atoms with Gasteiger partial charge in [-0.05, 0) is 76.7 Å². The van der Waals surface area contributed by atoms with Gasteiger partial charge in [-0.25, -0.2) is 4.79 Å². The van der Waals surface area contributed by atoms with E-state index < -0.39 is 17.7 Å². The molecule has 0 saturated carbocycles. The summed E-state index contributed by atoms with van der Waals surface area (Å²) in [5.41, 5.74) is 4.03. The normalized spacial score (nSPS) is 13.7. The first-order valence-electron chi connectivity index (χ1n) is 11.8. The van der Waals surface area contributed by atoms with E-state index in [1.807, 2.05) is 30.3 Å². The summed E-state index contributed by atoms with van der Waals surface area (Å²) in [6, 6.07) is 25.0. The van der Waals surface area contributed by atoms with Crippen LogP contribution in [0.4, 0.5) is 13.2 Å². The monoisotopic (exact) mass is 521 g/mol. The van der Waals surface area contributed by atoms with Crippen molar-refractivity contribution in [3.63, 3.8) is 0 Å². The van der Waals surface area contributed by atoms with Gasteiger partial charge in [-0.3, -0.25) is 4.90 Å². The number of ether oxygens (including phenoxy) is 1. The summed E-state index contributed by atoms with van der Waals surface area (Å²) < 4.78 is 44.5. The van der Waals surface area contributed by atoms with Crippen LogP contribution in [0.3, 0.4) is 0 Å². The van der Waals surface area contributed by atoms with E-state index in [0.717, 1.165) is 54.3 Å². The fraction of sp³-hybridized carbons (Fsp3) is 0.167. The van der Waals surface area contributed by atoms with E-state index in [-0.39, 0.29) is 5.56 Å². The van der Waals surface area contributed by atoms with Crippen molar-refractivity contribution in [3.05, 3.63) is 124 Å². The average molecular weight is 522 g/mol. The Kier molecular flexibility index (Phi) is 7.04. The summed E-state index contributed by atoms with van der Waals surface area (Å²) in [5, 5.41) is 0.723. The van der Waals surface area contributed by atoms with Crippen molar-refractivity contribution in [2.45, 2.75) is 25.7 Å². The van der Waals surface area contributed by atoms with E-state index in [2.05, 4.69) is 11.0 Å². The number of nitrogens with zero attached hydrogens (tertiary/aromatic N) is 1. The Balaban J connectivity index is 1.30. The van der Waals surface area contributed by atoms with Gasteiger partial charge in [0.25, 0.3) is 0 Å². The number of carbonyl (C=O) groups excluding carboxylic acids is 1. The van der Waals surface area contributed by atoms with Crippen LogP contribution >= 0.6 is 11.6 Å². The van der Waals surface area contributed by atoms with Gasteiger partial charge in [0, 0.05) is 24.7 Å². The van der Waals surface area contributed by atoms with Gasteiger partial charge in [-0.2, -0.15) is 13.2 Å². The summed E-state index contributed by atoms with van der Waals surface area (Å²) in [6.45, 7) is 2.46. The number of fused-ring (bicyclic) bond motifs is 1. The smallest absolute Gasteiger partial charge is 0.416 e. The third-order valence-electron chi connectivity index (χ3n) is 6.45. The van der Waals surface area contributed by atoms with Crippen LogP contribution in [0.25, 0.3) is 11.1 Å². The van der Waals surface area contributed by atoms with Gasteiger partial charge in [0.2, 0.25) is 0 Å². The lowest BCUT2D eigenvalue weighted by molar-refractivity contribution is -0.137. The topological polar surface area (TPSA) is 29.5 Å². The number of hydrogen-bond acceptors (Lipinski definition) is 3. The second-order valence-electron chi connectivity index (χ2n) is 9.03. The molecule has 0 atom stereocenters. The Morgan fingerprint density at radius 3 is 2.43 bits per heavy atom. The molecule has 5 rings (SSSR count). The van der Waals surface area contributed by atoms with E-state index in [0.29, 0.717) is 16.9 Å². The van der Waals surface area contributed by atoms with Crippen LogP contribution in [0.2, 0.25) is 5.02 Å². The predicted octanol–water partition coefficient (Wildman–Crippen LogP) is 7.80. The maximum Gasteiger partial charge on any atom is 0.416 e. The lowest BCUT2D eigenvalue weighted by Crippen LogP contribution is -2.30. The molecule has 0 radical (unpaired) electrons. The third kappa shape index (κ3) is 5.87. The molecule has 0 bridgehead atoms. The summed E-state index contributed by atoms with van der Waals surface area (Å²) in [5.74, 6) is -0.122. The number of carbonyl (C=O) groups is 1. The Bertz CT molecular complexity index is 1430. The highest BCUT2D eigenvalue weighted by Gasteiger charge is 2.30. The molecular weight excluding hydrogens is 499 g/mol. The summed E-state index contributed by atoms with van der Waals surface area (Å²) in [4.78, 5) is 15.4. The first-order valence-corrected chi connectivity index (χ1v) is 12.2. The van der Waals surface area contributed by atoms with Crippen molar-refractivity contribution in [1.29, 1.82) is 0 Å². The van der Waals surface area contributed by atoms with Crippen molar-refractivity contribution >= 4 is 17.6 Å². The fourth-order valence-corrected chi connectivity index (χ4v) is 4.81. The molecule has 188 valence electrons. The summed E-state index contributed by atoms with van der Waals surface area (Å²) in [7, 11) is 0. The maximum absolute atomic E-state index is 13.1. The SMILES string of the molecule is O=C(Oc1ccc2c(c1)CCN(Cc1cccc(Cl)c1)C2)c1ccccc1-c1ccc(C(F)(F)F)cc1. The number of rotatable bonds is 5. The zero-order valence-corrected chi connectivity index (χ0v) is 20.5. The van der Waals surface area contributed by atoms with Crippen LogP contribution in [0, 0.1) is 0 Å². The van der Waals surface area contributed by atoms with Crippen LogP contribution in [-0.4, -0.2) is 17.4 Å². The largest absolute Gasteiger partial charge is 0.423 e. The van der Waals surface area contributed by atoms with E-state index in [4.69, 9.17) is 16.3 Å². The molecule has 1 aliphatic heterocycles. The number of halogens is 4. The van der Waals surface area contributed by atoms with Gasteiger partial charge in [0.1, 0.15) is 5.75 Å². The van der Waals surface area contributed by atoms with Crippen LogP contribution in [-0.2, 0) is 25.7 Å². The minimum Gasteiger partial charge on any atom is -0.423 e. The molecule has 7 heteroatoms. The molecule has 0 spiro atoms. The molecule has 0 saturated heterocycles. The molecule has 1 heterocycles. The maximum atomic E-state index is 13.1. The molecule has 4 aromatic carbocycles. The van der Waals surface area contributed by atoms with E-state index in [1.165, 1.54) is 17.7 Å². The van der Waals surface area contributed by atoms with Crippen LogP contribution in [0.15, 0.2) is 91.0 Å². The predicted molar refractivity (Wildman–Crippen MR) is 138 cm³/mol. The average Bonchev–Trinajstić information content (AvgIpc) is 2.88. The minimum atomic E-state index is -4.42.